The average molecular weight is 294 g/mol. The minimum absolute atomic E-state index is 0.0851. The number of nitrogens with zero attached hydrogens (tertiary/aromatic N) is 4. The molecule has 1 aromatic heterocycles. The first-order valence-electron chi connectivity index (χ1n) is 7.73. The van der Waals surface area contributed by atoms with Crippen molar-refractivity contribution < 1.29 is 14.6 Å². The molecule has 2 heterocycles. The van der Waals surface area contributed by atoms with E-state index in [1.165, 1.54) is 0 Å². The van der Waals surface area contributed by atoms with E-state index in [1.54, 1.807) is 4.68 Å². The molecule has 1 saturated heterocycles. The third-order valence-corrected chi connectivity index (χ3v) is 4.98. The topological polar surface area (TPSA) is 90.1 Å². The quantitative estimate of drug-likeness (QED) is 0.907. The van der Waals surface area contributed by atoms with Gasteiger partial charge in [0.25, 0.3) is 0 Å². The highest BCUT2D eigenvalue weighted by molar-refractivity contribution is 5.74. The molecule has 1 saturated carbocycles. The number of tetrazole rings is 1. The molecule has 0 aromatic carbocycles. The van der Waals surface area contributed by atoms with Gasteiger partial charge in [-0.1, -0.05) is 19.3 Å². The van der Waals surface area contributed by atoms with Crippen LogP contribution in [0.2, 0.25) is 0 Å². The molecule has 1 aliphatic heterocycles. The standard InChI is InChI=1S/C14H22N4O3/c1-10-11(5-8-21-10)12-15-16-17-18(12)9-14(13(19)20)6-3-2-4-7-14/h10-11H,2-9H2,1H3,(H,19,20). The number of hydrogen-bond acceptors (Lipinski definition) is 5. The predicted octanol–water partition coefficient (Wildman–Crippen LogP) is 1.60. The molecular weight excluding hydrogens is 272 g/mol. The fourth-order valence-corrected chi connectivity index (χ4v) is 3.62. The number of carboxylic acids is 1. The molecule has 0 radical (unpaired) electrons. The van der Waals surface area contributed by atoms with E-state index in [9.17, 15) is 9.90 Å². The lowest BCUT2D eigenvalue weighted by Gasteiger charge is -2.33. The van der Waals surface area contributed by atoms with E-state index in [2.05, 4.69) is 15.5 Å². The van der Waals surface area contributed by atoms with Crippen LogP contribution in [0.5, 0.6) is 0 Å². The summed E-state index contributed by atoms with van der Waals surface area (Å²) in [6, 6.07) is 0. The third-order valence-electron chi connectivity index (χ3n) is 4.98. The number of aromatic nitrogens is 4. The van der Waals surface area contributed by atoms with Crippen molar-refractivity contribution in [3.05, 3.63) is 5.82 Å². The number of aliphatic carboxylic acids is 1. The van der Waals surface area contributed by atoms with Crippen LogP contribution >= 0.6 is 0 Å². The van der Waals surface area contributed by atoms with Crippen molar-refractivity contribution in [1.29, 1.82) is 0 Å². The Balaban J connectivity index is 1.84. The van der Waals surface area contributed by atoms with Crippen LogP contribution in [-0.4, -0.2) is 44.0 Å². The molecule has 0 amide bonds. The van der Waals surface area contributed by atoms with Crippen LogP contribution in [0.4, 0.5) is 0 Å². The van der Waals surface area contributed by atoms with E-state index >= 15 is 0 Å². The van der Waals surface area contributed by atoms with Gasteiger partial charge in [-0.05, 0) is 36.6 Å². The van der Waals surface area contributed by atoms with Crippen molar-refractivity contribution in [2.24, 2.45) is 5.41 Å². The van der Waals surface area contributed by atoms with E-state index in [1.807, 2.05) is 6.92 Å². The van der Waals surface area contributed by atoms with E-state index in [0.29, 0.717) is 26.0 Å². The number of ether oxygens (including phenoxy) is 1. The lowest BCUT2D eigenvalue weighted by Crippen LogP contribution is -2.38. The zero-order chi connectivity index (χ0) is 14.9. The second kappa shape index (κ2) is 5.71. The monoisotopic (exact) mass is 294 g/mol. The van der Waals surface area contributed by atoms with Gasteiger partial charge in [-0.2, -0.15) is 0 Å². The minimum Gasteiger partial charge on any atom is -0.481 e. The van der Waals surface area contributed by atoms with Crippen LogP contribution in [0.25, 0.3) is 0 Å². The second-order valence-corrected chi connectivity index (χ2v) is 6.31. The molecule has 0 bridgehead atoms. The van der Waals surface area contributed by atoms with Gasteiger partial charge in [0.05, 0.1) is 18.1 Å². The summed E-state index contributed by atoms with van der Waals surface area (Å²) >= 11 is 0. The van der Waals surface area contributed by atoms with Gasteiger partial charge in [0.15, 0.2) is 5.82 Å². The number of hydrogen-bond donors (Lipinski definition) is 1. The Bertz CT molecular complexity index is 510. The van der Waals surface area contributed by atoms with E-state index in [4.69, 9.17) is 4.74 Å². The maximum Gasteiger partial charge on any atom is 0.311 e. The van der Waals surface area contributed by atoms with Gasteiger partial charge >= 0.3 is 5.97 Å². The predicted molar refractivity (Wildman–Crippen MR) is 73.7 cm³/mol. The van der Waals surface area contributed by atoms with Gasteiger partial charge in [-0.25, -0.2) is 4.68 Å². The fourth-order valence-electron chi connectivity index (χ4n) is 3.62. The van der Waals surface area contributed by atoms with Crippen LogP contribution in [0.15, 0.2) is 0 Å². The fraction of sp³-hybridized carbons (Fsp3) is 0.857. The highest BCUT2D eigenvalue weighted by Gasteiger charge is 2.42. The summed E-state index contributed by atoms with van der Waals surface area (Å²) in [7, 11) is 0. The molecule has 21 heavy (non-hydrogen) atoms. The summed E-state index contributed by atoms with van der Waals surface area (Å²) in [5, 5.41) is 21.6. The van der Waals surface area contributed by atoms with Gasteiger partial charge in [-0.3, -0.25) is 4.79 Å². The first-order valence-corrected chi connectivity index (χ1v) is 7.73. The molecule has 0 spiro atoms. The van der Waals surface area contributed by atoms with Gasteiger partial charge in [0.2, 0.25) is 0 Å². The molecule has 2 atom stereocenters. The number of carboxylic acid groups (broad SMARTS) is 1. The van der Waals surface area contributed by atoms with Gasteiger partial charge < -0.3 is 9.84 Å². The smallest absolute Gasteiger partial charge is 0.311 e. The molecule has 1 aromatic rings. The Morgan fingerprint density at radius 3 is 2.81 bits per heavy atom. The van der Waals surface area contributed by atoms with Crippen molar-refractivity contribution in [3.63, 3.8) is 0 Å². The Morgan fingerprint density at radius 2 is 2.19 bits per heavy atom. The van der Waals surface area contributed by atoms with Crippen molar-refractivity contribution in [3.8, 4) is 0 Å². The maximum atomic E-state index is 11.8. The Morgan fingerprint density at radius 1 is 1.43 bits per heavy atom. The number of rotatable bonds is 4. The van der Waals surface area contributed by atoms with Gasteiger partial charge in [-0.15, -0.1) is 5.10 Å². The average Bonchev–Trinajstić information content (AvgIpc) is 3.08. The summed E-state index contributed by atoms with van der Waals surface area (Å²) in [6.45, 7) is 3.10. The van der Waals surface area contributed by atoms with Crippen LogP contribution in [0, 0.1) is 5.41 Å². The van der Waals surface area contributed by atoms with Crippen LogP contribution < -0.4 is 0 Å². The van der Waals surface area contributed by atoms with E-state index in [-0.39, 0.29) is 12.0 Å². The summed E-state index contributed by atoms with van der Waals surface area (Å²) in [6.07, 6.45) is 5.43. The van der Waals surface area contributed by atoms with Crippen LogP contribution in [-0.2, 0) is 16.1 Å². The van der Waals surface area contributed by atoms with E-state index < -0.39 is 11.4 Å². The van der Waals surface area contributed by atoms with Gasteiger partial charge in [0.1, 0.15) is 0 Å². The zero-order valence-corrected chi connectivity index (χ0v) is 12.4. The van der Waals surface area contributed by atoms with Crippen LogP contribution in [0.3, 0.4) is 0 Å². The molecule has 1 N–H and O–H groups in total. The molecule has 7 heteroatoms. The second-order valence-electron chi connectivity index (χ2n) is 6.31. The first kappa shape index (κ1) is 14.4. The molecule has 1 aliphatic carbocycles. The molecule has 2 aliphatic rings. The molecule has 116 valence electrons. The highest BCUT2D eigenvalue weighted by Crippen LogP contribution is 2.39. The molecular formula is C14H22N4O3. The number of carbonyl (C=O) groups is 1. The van der Waals surface area contributed by atoms with E-state index in [0.717, 1.165) is 31.5 Å². The first-order chi connectivity index (χ1) is 10.1. The summed E-state index contributed by atoms with van der Waals surface area (Å²) in [5.74, 6) is 0.208. The molecule has 7 nitrogen and oxygen atoms in total. The minimum atomic E-state index is -0.723. The van der Waals surface area contributed by atoms with Crippen molar-refractivity contribution >= 4 is 5.97 Å². The lowest BCUT2D eigenvalue weighted by molar-refractivity contribution is -0.152. The summed E-state index contributed by atoms with van der Waals surface area (Å²) < 4.78 is 7.29. The summed E-state index contributed by atoms with van der Waals surface area (Å²) in [5.41, 5.74) is -0.717. The lowest BCUT2D eigenvalue weighted by atomic mass is 9.74. The molecule has 3 rings (SSSR count). The molecule has 2 fully saturated rings. The Hall–Kier alpha value is -1.50. The van der Waals surface area contributed by atoms with Gasteiger partial charge in [0, 0.05) is 12.5 Å². The van der Waals surface area contributed by atoms with Crippen molar-refractivity contribution in [2.75, 3.05) is 6.61 Å². The normalized spacial score (nSPS) is 28.6. The Kier molecular flexibility index (Phi) is 3.93. The zero-order valence-electron chi connectivity index (χ0n) is 12.4. The Labute approximate surface area is 123 Å². The summed E-state index contributed by atoms with van der Waals surface area (Å²) in [4.78, 5) is 11.8. The third kappa shape index (κ3) is 2.66. The highest BCUT2D eigenvalue weighted by atomic mass is 16.5. The van der Waals surface area contributed by atoms with Crippen molar-refractivity contribution in [1.82, 2.24) is 20.2 Å². The van der Waals surface area contributed by atoms with Crippen molar-refractivity contribution in [2.45, 2.75) is 64.0 Å². The largest absolute Gasteiger partial charge is 0.481 e. The molecule has 2 unspecified atom stereocenters. The SMILES string of the molecule is CC1OCCC1c1nnnn1CC1(C(=O)O)CCCCC1. The maximum absolute atomic E-state index is 11.8. The van der Waals surface area contributed by atoms with Crippen LogP contribution in [0.1, 0.15) is 57.2 Å².